The summed E-state index contributed by atoms with van der Waals surface area (Å²) in [6.45, 7) is 10.7. The van der Waals surface area contributed by atoms with Crippen LogP contribution in [0, 0.1) is 20.8 Å². The molecule has 6 nitrogen and oxygen atoms in total. The first-order chi connectivity index (χ1) is 13.4. The molecule has 0 fully saturated rings. The number of aryl methyl sites for hydroxylation is 3. The maximum atomic E-state index is 12.8. The van der Waals surface area contributed by atoms with Crippen molar-refractivity contribution >= 4 is 23.4 Å². The minimum absolute atomic E-state index is 0.0452. The van der Waals surface area contributed by atoms with Crippen LogP contribution in [-0.2, 0) is 11.3 Å². The van der Waals surface area contributed by atoms with Gasteiger partial charge in [0.05, 0.1) is 5.25 Å². The number of thioether (sulfide) groups is 1. The molecule has 7 heteroatoms. The number of nitrogens with one attached hydrogen (secondary N) is 1. The lowest BCUT2D eigenvalue weighted by Gasteiger charge is -2.16. The van der Waals surface area contributed by atoms with Crippen molar-refractivity contribution < 1.29 is 4.79 Å². The van der Waals surface area contributed by atoms with E-state index >= 15 is 0 Å². The van der Waals surface area contributed by atoms with Crippen LogP contribution in [0.25, 0.3) is 11.4 Å². The molecular weight excluding hydrogens is 370 g/mol. The van der Waals surface area contributed by atoms with Crippen molar-refractivity contribution in [2.24, 2.45) is 0 Å². The number of hydrogen-bond acceptors (Lipinski definition) is 5. The van der Waals surface area contributed by atoms with Crippen molar-refractivity contribution in [1.82, 2.24) is 19.7 Å². The van der Waals surface area contributed by atoms with E-state index in [-0.39, 0.29) is 11.2 Å². The van der Waals surface area contributed by atoms with Gasteiger partial charge >= 0.3 is 0 Å². The summed E-state index contributed by atoms with van der Waals surface area (Å²) < 4.78 is 2.02. The summed E-state index contributed by atoms with van der Waals surface area (Å²) in [4.78, 5) is 16.8. The highest BCUT2D eigenvalue weighted by Crippen LogP contribution is 2.28. The van der Waals surface area contributed by atoms with Gasteiger partial charge in [-0.15, -0.1) is 10.2 Å². The molecule has 1 N–H and O–H groups in total. The van der Waals surface area contributed by atoms with Crippen LogP contribution in [0.3, 0.4) is 0 Å². The second-order valence-electron chi connectivity index (χ2n) is 6.81. The minimum atomic E-state index is -0.306. The average molecular weight is 396 g/mol. The quantitative estimate of drug-likeness (QED) is 0.626. The lowest BCUT2D eigenvalue weighted by Crippen LogP contribution is -2.24. The molecule has 1 aromatic carbocycles. The van der Waals surface area contributed by atoms with E-state index in [9.17, 15) is 4.79 Å². The van der Waals surface area contributed by atoms with Crippen LogP contribution in [0.4, 0.5) is 5.69 Å². The SMILES string of the molecule is CCn1c(SC(C)C(=O)Nc2c(C)cc(C)cc2C)nnc1-c1ccncc1. The predicted molar refractivity (Wildman–Crippen MR) is 114 cm³/mol. The van der Waals surface area contributed by atoms with Gasteiger partial charge < -0.3 is 9.88 Å². The summed E-state index contributed by atoms with van der Waals surface area (Å²) in [5, 5.41) is 12.1. The van der Waals surface area contributed by atoms with Gasteiger partial charge in [0.2, 0.25) is 5.91 Å². The summed E-state index contributed by atoms with van der Waals surface area (Å²) >= 11 is 1.41. The van der Waals surface area contributed by atoms with E-state index < -0.39 is 0 Å². The number of carbonyl (C=O) groups excluding carboxylic acids is 1. The Kier molecular flexibility index (Phi) is 6.14. The zero-order valence-corrected chi connectivity index (χ0v) is 17.7. The molecule has 1 atom stereocenters. The highest BCUT2D eigenvalue weighted by molar-refractivity contribution is 8.00. The highest BCUT2D eigenvalue weighted by atomic mass is 32.2. The molecule has 3 rings (SSSR count). The average Bonchev–Trinajstić information content (AvgIpc) is 3.07. The lowest BCUT2D eigenvalue weighted by atomic mass is 10.1. The van der Waals surface area contributed by atoms with E-state index in [0.29, 0.717) is 0 Å². The van der Waals surface area contributed by atoms with Crippen LogP contribution in [0.15, 0.2) is 41.8 Å². The number of carbonyl (C=O) groups is 1. The largest absolute Gasteiger partial charge is 0.325 e. The maximum absolute atomic E-state index is 12.8. The second kappa shape index (κ2) is 8.56. The molecule has 0 aliphatic carbocycles. The van der Waals surface area contributed by atoms with Crippen LogP contribution in [0.1, 0.15) is 30.5 Å². The van der Waals surface area contributed by atoms with E-state index in [2.05, 4.69) is 39.6 Å². The Bertz CT molecular complexity index is 961. The van der Waals surface area contributed by atoms with Crippen LogP contribution < -0.4 is 5.32 Å². The molecule has 0 aliphatic rings. The molecule has 3 aromatic rings. The van der Waals surface area contributed by atoms with Crippen LogP contribution in [0.5, 0.6) is 0 Å². The van der Waals surface area contributed by atoms with Crippen molar-refractivity contribution in [3.05, 3.63) is 53.3 Å². The molecule has 2 aromatic heterocycles. The number of nitrogens with zero attached hydrogens (tertiary/aromatic N) is 4. The van der Waals surface area contributed by atoms with Crippen LogP contribution in [-0.4, -0.2) is 30.9 Å². The normalized spacial score (nSPS) is 12.0. The van der Waals surface area contributed by atoms with Crippen LogP contribution >= 0.6 is 11.8 Å². The Morgan fingerprint density at radius 2 is 1.79 bits per heavy atom. The first-order valence-electron chi connectivity index (χ1n) is 9.29. The summed E-state index contributed by atoms with van der Waals surface area (Å²) in [5.41, 5.74) is 5.17. The van der Waals surface area contributed by atoms with E-state index in [1.54, 1.807) is 12.4 Å². The van der Waals surface area contributed by atoms with Crippen molar-refractivity contribution in [3.63, 3.8) is 0 Å². The summed E-state index contributed by atoms with van der Waals surface area (Å²) in [6, 6.07) is 7.97. The number of amides is 1. The van der Waals surface area contributed by atoms with Gasteiger partial charge in [-0.2, -0.15) is 0 Å². The monoisotopic (exact) mass is 395 g/mol. The Hall–Kier alpha value is -2.67. The van der Waals surface area contributed by atoms with Crippen LogP contribution in [0.2, 0.25) is 0 Å². The van der Waals surface area contributed by atoms with Gasteiger partial charge in [-0.1, -0.05) is 29.5 Å². The first kappa shape index (κ1) is 20.1. The molecule has 0 saturated carbocycles. The second-order valence-corrected chi connectivity index (χ2v) is 8.12. The first-order valence-corrected chi connectivity index (χ1v) is 10.2. The fourth-order valence-corrected chi connectivity index (χ4v) is 4.10. The molecule has 1 amide bonds. The van der Waals surface area contributed by atoms with Gasteiger partial charge in [-0.25, -0.2) is 0 Å². The Morgan fingerprint density at radius 3 is 2.39 bits per heavy atom. The number of aromatic nitrogens is 4. The van der Waals surface area contributed by atoms with E-state index in [4.69, 9.17) is 0 Å². The molecule has 0 saturated heterocycles. The number of benzene rings is 1. The van der Waals surface area contributed by atoms with Gasteiger partial charge in [-0.05, 0) is 57.9 Å². The smallest absolute Gasteiger partial charge is 0.237 e. The number of pyridine rings is 1. The lowest BCUT2D eigenvalue weighted by molar-refractivity contribution is -0.115. The Morgan fingerprint density at radius 1 is 1.14 bits per heavy atom. The van der Waals surface area contributed by atoms with Gasteiger partial charge in [0.15, 0.2) is 11.0 Å². The summed E-state index contributed by atoms with van der Waals surface area (Å²) in [6.07, 6.45) is 3.47. The predicted octanol–water partition coefficient (Wildman–Crippen LogP) is 4.40. The zero-order chi connectivity index (χ0) is 20.3. The van der Waals surface area contributed by atoms with Gasteiger partial charge in [0.25, 0.3) is 0 Å². The molecule has 28 heavy (non-hydrogen) atoms. The molecule has 146 valence electrons. The Labute approximate surface area is 169 Å². The maximum Gasteiger partial charge on any atom is 0.237 e. The van der Waals surface area contributed by atoms with Crippen molar-refractivity contribution in [2.45, 2.75) is 51.6 Å². The van der Waals surface area contributed by atoms with Gasteiger partial charge in [-0.3, -0.25) is 9.78 Å². The fraction of sp³-hybridized carbons (Fsp3) is 0.333. The molecule has 0 aliphatic heterocycles. The number of hydrogen-bond donors (Lipinski definition) is 1. The van der Waals surface area contributed by atoms with Crippen molar-refractivity contribution in [1.29, 1.82) is 0 Å². The van der Waals surface area contributed by atoms with Crippen molar-refractivity contribution in [3.8, 4) is 11.4 Å². The Balaban J connectivity index is 1.77. The highest BCUT2D eigenvalue weighted by Gasteiger charge is 2.21. The van der Waals surface area contributed by atoms with E-state index in [1.807, 2.05) is 44.4 Å². The van der Waals surface area contributed by atoms with E-state index in [0.717, 1.165) is 39.9 Å². The summed E-state index contributed by atoms with van der Waals surface area (Å²) in [7, 11) is 0. The third kappa shape index (κ3) is 4.25. The van der Waals surface area contributed by atoms with E-state index in [1.165, 1.54) is 17.3 Å². The minimum Gasteiger partial charge on any atom is -0.325 e. The van der Waals surface area contributed by atoms with Crippen molar-refractivity contribution in [2.75, 3.05) is 5.32 Å². The van der Waals surface area contributed by atoms with Gasteiger partial charge in [0.1, 0.15) is 0 Å². The molecule has 0 radical (unpaired) electrons. The molecule has 0 spiro atoms. The zero-order valence-electron chi connectivity index (χ0n) is 16.9. The standard InChI is InChI=1S/C21H25N5OS/c1-6-26-19(17-7-9-22-10-8-17)24-25-21(26)28-16(5)20(27)23-18-14(3)11-13(2)12-15(18)4/h7-12,16H,6H2,1-5H3,(H,23,27). The number of rotatable bonds is 6. The molecule has 0 bridgehead atoms. The molecule has 2 heterocycles. The fourth-order valence-electron chi connectivity index (χ4n) is 3.19. The topological polar surface area (TPSA) is 72.7 Å². The molecule has 1 unspecified atom stereocenters. The summed E-state index contributed by atoms with van der Waals surface area (Å²) in [5.74, 6) is 0.737. The third-order valence-corrected chi connectivity index (χ3v) is 5.63. The molecular formula is C21H25N5OS. The number of anilines is 1. The van der Waals surface area contributed by atoms with Gasteiger partial charge in [0, 0.05) is 30.2 Å². The third-order valence-electron chi connectivity index (χ3n) is 4.55.